The average Bonchev–Trinajstić information content (AvgIpc) is 3.26. The standard InChI is InChI=1S/C8H12O.C6H7NO/c1-2-6-9-8(3-1)7-4-5-7;7-5-6-3-1-2-4-8-6/h2,6-8H,1,3-5H2;2,4,6H,1,3H2. The summed E-state index contributed by atoms with van der Waals surface area (Å²) in [6.45, 7) is 0. The molecule has 0 spiro atoms. The molecule has 2 heterocycles. The molecule has 2 aliphatic heterocycles. The van der Waals surface area contributed by atoms with E-state index in [2.05, 4.69) is 6.08 Å². The Balaban J connectivity index is 0.000000128. The molecule has 3 nitrogen and oxygen atoms in total. The molecule has 1 fully saturated rings. The normalized spacial score (nSPS) is 30.3. The maximum Gasteiger partial charge on any atom is 0.183 e. The van der Waals surface area contributed by atoms with Gasteiger partial charge in [-0.3, -0.25) is 0 Å². The first-order valence-corrected chi connectivity index (χ1v) is 6.40. The summed E-state index contributed by atoms with van der Waals surface area (Å²) in [5, 5.41) is 8.28. The van der Waals surface area contributed by atoms with E-state index in [1.54, 1.807) is 6.26 Å². The van der Waals surface area contributed by atoms with Crippen molar-refractivity contribution < 1.29 is 9.47 Å². The van der Waals surface area contributed by atoms with E-state index in [1.165, 1.54) is 25.7 Å². The van der Waals surface area contributed by atoms with E-state index in [0.29, 0.717) is 6.10 Å². The Labute approximate surface area is 103 Å². The lowest BCUT2D eigenvalue weighted by atomic mass is 10.1. The van der Waals surface area contributed by atoms with E-state index in [9.17, 15) is 0 Å². The summed E-state index contributed by atoms with van der Waals surface area (Å²) >= 11 is 0. The van der Waals surface area contributed by atoms with Gasteiger partial charge in [0.15, 0.2) is 6.10 Å². The Morgan fingerprint density at radius 1 is 0.941 bits per heavy atom. The Morgan fingerprint density at radius 3 is 2.06 bits per heavy atom. The zero-order valence-corrected chi connectivity index (χ0v) is 10.0. The minimum absolute atomic E-state index is 0.194. The fourth-order valence-electron chi connectivity index (χ4n) is 2.00. The lowest BCUT2D eigenvalue weighted by Crippen LogP contribution is -2.14. The van der Waals surface area contributed by atoms with Crippen molar-refractivity contribution in [1.29, 1.82) is 5.26 Å². The molecule has 2 atom stereocenters. The van der Waals surface area contributed by atoms with E-state index in [4.69, 9.17) is 14.7 Å². The molecular weight excluding hydrogens is 214 g/mol. The molecule has 1 saturated carbocycles. The average molecular weight is 233 g/mol. The Kier molecular flexibility index (Phi) is 4.49. The van der Waals surface area contributed by atoms with Crippen LogP contribution in [0.5, 0.6) is 0 Å². The molecule has 0 aromatic rings. The summed E-state index contributed by atoms with van der Waals surface area (Å²) < 4.78 is 10.3. The lowest BCUT2D eigenvalue weighted by molar-refractivity contribution is 0.104. The minimum atomic E-state index is -0.194. The Bertz CT molecular complexity index is 326. The molecule has 0 aromatic heterocycles. The van der Waals surface area contributed by atoms with Crippen LogP contribution in [0.2, 0.25) is 0 Å². The number of nitrogens with zero attached hydrogens (tertiary/aromatic N) is 1. The maximum atomic E-state index is 8.28. The van der Waals surface area contributed by atoms with Gasteiger partial charge < -0.3 is 9.47 Å². The summed E-state index contributed by atoms with van der Waals surface area (Å²) in [4.78, 5) is 0. The van der Waals surface area contributed by atoms with Crippen LogP contribution in [0.25, 0.3) is 0 Å². The molecule has 17 heavy (non-hydrogen) atoms. The van der Waals surface area contributed by atoms with Gasteiger partial charge in [-0.1, -0.05) is 0 Å². The molecule has 0 bridgehead atoms. The molecule has 92 valence electrons. The minimum Gasteiger partial charge on any atom is -0.498 e. The van der Waals surface area contributed by atoms with Crippen LogP contribution in [0.3, 0.4) is 0 Å². The molecule has 0 N–H and O–H groups in total. The van der Waals surface area contributed by atoms with Crippen LogP contribution in [0.1, 0.15) is 38.5 Å². The molecule has 2 unspecified atom stereocenters. The van der Waals surface area contributed by atoms with Gasteiger partial charge >= 0.3 is 0 Å². The van der Waals surface area contributed by atoms with Crippen LogP contribution < -0.4 is 0 Å². The molecule has 0 saturated heterocycles. The lowest BCUT2D eigenvalue weighted by Gasteiger charge is -2.18. The van der Waals surface area contributed by atoms with E-state index < -0.39 is 0 Å². The van der Waals surface area contributed by atoms with Gasteiger partial charge in [0.05, 0.1) is 12.5 Å². The number of hydrogen-bond acceptors (Lipinski definition) is 3. The second-order valence-electron chi connectivity index (χ2n) is 4.66. The number of hydrogen-bond donors (Lipinski definition) is 0. The van der Waals surface area contributed by atoms with Gasteiger partial charge in [-0.15, -0.1) is 0 Å². The summed E-state index contributed by atoms with van der Waals surface area (Å²) in [5.74, 6) is 0.912. The molecule has 3 heteroatoms. The number of rotatable bonds is 1. The first kappa shape index (κ1) is 12.0. The highest BCUT2D eigenvalue weighted by molar-refractivity contribution is 4.92. The highest BCUT2D eigenvalue weighted by Crippen LogP contribution is 2.37. The number of nitriles is 1. The molecular formula is C14H19NO2. The van der Waals surface area contributed by atoms with Crippen molar-refractivity contribution in [3.63, 3.8) is 0 Å². The monoisotopic (exact) mass is 233 g/mol. The van der Waals surface area contributed by atoms with Gasteiger partial charge in [-0.25, -0.2) is 0 Å². The zero-order chi connectivity index (χ0) is 11.9. The van der Waals surface area contributed by atoms with Crippen molar-refractivity contribution in [3.05, 3.63) is 24.7 Å². The van der Waals surface area contributed by atoms with Gasteiger partial charge in [0.2, 0.25) is 0 Å². The van der Waals surface area contributed by atoms with Gasteiger partial charge in [-0.2, -0.15) is 5.26 Å². The first-order valence-electron chi connectivity index (χ1n) is 6.40. The quantitative estimate of drug-likeness (QED) is 0.698. The summed E-state index contributed by atoms with van der Waals surface area (Å²) in [6, 6.07) is 2.03. The molecule has 3 aliphatic rings. The van der Waals surface area contributed by atoms with E-state index >= 15 is 0 Å². The summed E-state index contributed by atoms with van der Waals surface area (Å²) in [7, 11) is 0. The second-order valence-corrected chi connectivity index (χ2v) is 4.66. The predicted octanol–water partition coefficient (Wildman–Crippen LogP) is 3.29. The smallest absolute Gasteiger partial charge is 0.183 e. The van der Waals surface area contributed by atoms with Gasteiger partial charge in [0.1, 0.15) is 12.2 Å². The molecule has 0 amide bonds. The van der Waals surface area contributed by atoms with E-state index in [-0.39, 0.29) is 6.10 Å². The highest BCUT2D eigenvalue weighted by atomic mass is 16.5. The number of allylic oxidation sites excluding steroid dienone is 2. The molecule has 1 aliphatic carbocycles. The zero-order valence-electron chi connectivity index (χ0n) is 10.0. The molecule has 0 aromatic carbocycles. The molecule has 3 rings (SSSR count). The number of ether oxygens (including phenoxy) is 2. The fraction of sp³-hybridized carbons (Fsp3) is 0.643. The SMILES string of the molecule is C1=COC(C2CC2)CC1.N#CC1CCC=CO1. The van der Waals surface area contributed by atoms with Crippen LogP contribution in [-0.2, 0) is 9.47 Å². The Hall–Kier alpha value is -1.43. The van der Waals surface area contributed by atoms with Crippen molar-refractivity contribution in [2.75, 3.05) is 0 Å². The van der Waals surface area contributed by atoms with Crippen LogP contribution in [-0.4, -0.2) is 12.2 Å². The summed E-state index contributed by atoms with van der Waals surface area (Å²) in [5.41, 5.74) is 0. The second kappa shape index (κ2) is 6.34. The Morgan fingerprint density at radius 2 is 1.65 bits per heavy atom. The van der Waals surface area contributed by atoms with Crippen molar-refractivity contribution in [2.45, 2.75) is 50.7 Å². The van der Waals surface area contributed by atoms with Crippen molar-refractivity contribution >= 4 is 0 Å². The topological polar surface area (TPSA) is 42.2 Å². The maximum absolute atomic E-state index is 8.28. The van der Waals surface area contributed by atoms with Crippen LogP contribution in [0.4, 0.5) is 0 Å². The highest BCUT2D eigenvalue weighted by Gasteiger charge is 2.32. The molecule has 0 radical (unpaired) electrons. The van der Waals surface area contributed by atoms with Crippen molar-refractivity contribution in [1.82, 2.24) is 0 Å². The fourth-order valence-corrected chi connectivity index (χ4v) is 2.00. The largest absolute Gasteiger partial charge is 0.498 e. The predicted molar refractivity (Wildman–Crippen MR) is 64.8 cm³/mol. The third-order valence-corrected chi connectivity index (χ3v) is 3.19. The van der Waals surface area contributed by atoms with Crippen LogP contribution in [0.15, 0.2) is 24.7 Å². The third-order valence-electron chi connectivity index (χ3n) is 3.19. The van der Waals surface area contributed by atoms with Gasteiger partial charge in [-0.05, 0) is 50.2 Å². The van der Waals surface area contributed by atoms with Crippen molar-refractivity contribution in [3.8, 4) is 6.07 Å². The van der Waals surface area contributed by atoms with Crippen molar-refractivity contribution in [2.24, 2.45) is 5.92 Å². The van der Waals surface area contributed by atoms with E-state index in [0.717, 1.165) is 18.8 Å². The summed E-state index contributed by atoms with van der Waals surface area (Å²) in [6.07, 6.45) is 15.0. The van der Waals surface area contributed by atoms with E-state index in [1.807, 2.05) is 18.4 Å². The van der Waals surface area contributed by atoms with Crippen LogP contribution in [0, 0.1) is 17.2 Å². The first-order chi connectivity index (χ1) is 8.40. The van der Waals surface area contributed by atoms with Crippen LogP contribution >= 0.6 is 0 Å². The van der Waals surface area contributed by atoms with Gasteiger partial charge in [0.25, 0.3) is 0 Å². The van der Waals surface area contributed by atoms with Gasteiger partial charge in [0, 0.05) is 6.42 Å². The third kappa shape index (κ3) is 4.14.